The first-order chi connectivity index (χ1) is 6.00. The monoisotopic (exact) mass is 178 g/mol. The summed E-state index contributed by atoms with van der Waals surface area (Å²) >= 11 is 0. The smallest absolute Gasteiger partial charge is 0.134 e. The van der Waals surface area contributed by atoms with Crippen LogP contribution in [0.1, 0.15) is 23.6 Å². The molecule has 13 heavy (non-hydrogen) atoms. The number of rotatable bonds is 2. The highest BCUT2D eigenvalue weighted by atomic mass is 16.3. The fourth-order valence-electron chi connectivity index (χ4n) is 1.32. The fourth-order valence-corrected chi connectivity index (χ4v) is 1.32. The topological polar surface area (TPSA) is 37.3 Å². The number of phenolic OH excluding ortho intramolecular Hbond substituents is 1. The Kier molecular flexibility index (Phi) is 2.71. The van der Waals surface area contributed by atoms with E-state index >= 15 is 0 Å². The molecule has 1 aromatic rings. The SMILES string of the molecule is CC(=O)Cc1cc(C)c(O)cc1C. The molecular formula is C11H14O2. The Morgan fingerprint density at radius 3 is 2.46 bits per heavy atom. The second-order valence-corrected chi connectivity index (χ2v) is 3.44. The van der Waals surface area contributed by atoms with Crippen molar-refractivity contribution in [1.29, 1.82) is 0 Å². The molecule has 0 aliphatic carbocycles. The van der Waals surface area contributed by atoms with Crippen LogP contribution in [-0.4, -0.2) is 10.9 Å². The Bertz CT molecular complexity index is 340. The number of aryl methyl sites for hydroxylation is 2. The van der Waals surface area contributed by atoms with Gasteiger partial charge in [-0.2, -0.15) is 0 Å². The quantitative estimate of drug-likeness (QED) is 0.753. The minimum absolute atomic E-state index is 0.146. The van der Waals surface area contributed by atoms with E-state index in [0.29, 0.717) is 12.2 Å². The molecule has 0 fully saturated rings. The van der Waals surface area contributed by atoms with Crippen LogP contribution in [0.2, 0.25) is 0 Å². The normalized spacial score (nSPS) is 10.1. The lowest BCUT2D eigenvalue weighted by Crippen LogP contribution is -1.99. The number of hydrogen-bond acceptors (Lipinski definition) is 2. The van der Waals surface area contributed by atoms with Crippen LogP contribution in [0.5, 0.6) is 5.75 Å². The molecule has 0 unspecified atom stereocenters. The highest BCUT2D eigenvalue weighted by Gasteiger charge is 2.05. The molecule has 0 saturated heterocycles. The predicted octanol–water partition coefficient (Wildman–Crippen LogP) is 2.14. The molecule has 0 heterocycles. The molecule has 2 heteroatoms. The average molecular weight is 178 g/mol. The van der Waals surface area contributed by atoms with Gasteiger partial charge < -0.3 is 5.11 Å². The minimum atomic E-state index is 0.146. The summed E-state index contributed by atoms with van der Waals surface area (Å²) in [5.74, 6) is 0.443. The minimum Gasteiger partial charge on any atom is -0.508 e. The Morgan fingerprint density at radius 1 is 1.31 bits per heavy atom. The second kappa shape index (κ2) is 3.60. The summed E-state index contributed by atoms with van der Waals surface area (Å²) in [6, 6.07) is 3.57. The third-order valence-corrected chi connectivity index (χ3v) is 2.09. The zero-order valence-electron chi connectivity index (χ0n) is 8.22. The van der Waals surface area contributed by atoms with Gasteiger partial charge in [-0.3, -0.25) is 4.79 Å². The van der Waals surface area contributed by atoms with Crippen LogP contribution in [0.25, 0.3) is 0 Å². The lowest BCUT2D eigenvalue weighted by molar-refractivity contribution is -0.116. The zero-order valence-corrected chi connectivity index (χ0v) is 8.22. The number of hydrogen-bond donors (Lipinski definition) is 1. The molecule has 1 N–H and O–H groups in total. The van der Waals surface area contributed by atoms with Gasteiger partial charge in [0.05, 0.1) is 0 Å². The highest BCUT2D eigenvalue weighted by molar-refractivity contribution is 5.78. The van der Waals surface area contributed by atoms with Crippen molar-refractivity contribution in [2.75, 3.05) is 0 Å². The van der Waals surface area contributed by atoms with Gasteiger partial charge in [0.15, 0.2) is 0 Å². The lowest BCUT2D eigenvalue weighted by Gasteiger charge is -2.06. The summed E-state index contributed by atoms with van der Waals surface area (Å²) < 4.78 is 0. The van der Waals surface area contributed by atoms with Crippen molar-refractivity contribution in [3.63, 3.8) is 0 Å². The van der Waals surface area contributed by atoms with Gasteiger partial charge in [-0.05, 0) is 43.5 Å². The van der Waals surface area contributed by atoms with Crippen LogP contribution >= 0.6 is 0 Å². The summed E-state index contributed by atoms with van der Waals surface area (Å²) in [6.45, 7) is 5.30. The standard InChI is InChI=1S/C11H14O2/c1-7-5-11(13)8(2)4-10(7)6-9(3)12/h4-5,13H,6H2,1-3H3. The van der Waals surface area contributed by atoms with E-state index in [9.17, 15) is 9.90 Å². The third-order valence-electron chi connectivity index (χ3n) is 2.09. The molecule has 2 nitrogen and oxygen atoms in total. The van der Waals surface area contributed by atoms with Crippen molar-refractivity contribution in [2.24, 2.45) is 0 Å². The van der Waals surface area contributed by atoms with E-state index in [1.807, 2.05) is 19.9 Å². The Balaban J connectivity index is 3.08. The molecule has 0 aliphatic heterocycles. The van der Waals surface area contributed by atoms with Crippen molar-refractivity contribution >= 4 is 5.78 Å². The van der Waals surface area contributed by atoms with Gasteiger partial charge in [0.25, 0.3) is 0 Å². The number of Topliss-reactive ketones (excluding diaryl/α,β-unsaturated/α-hetero) is 1. The summed E-state index contributed by atoms with van der Waals surface area (Å²) in [5.41, 5.74) is 2.79. The summed E-state index contributed by atoms with van der Waals surface area (Å²) in [5, 5.41) is 9.37. The molecule has 0 saturated carbocycles. The fraction of sp³-hybridized carbons (Fsp3) is 0.364. The second-order valence-electron chi connectivity index (χ2n) is 3.44. The molecule has 0 atom stereocenters. The van der Waals surface area contributed by atoms with E-state index in [1.54, 1.807) is 13.0 Å². The Labute approximate surface area is 78.2 Å². The van der Waals surface area contributed by atoms with Gasteiger partial charge in [0.2, 0.25) is 0 Å². The molecular weight excluding hydrogens is 164 g/mol. The van der Waals surface area contributed by atoms with Gasteiger partial charge in [-0.25, -0.2) is 0 Å². The highest BCUT2D eigenvalue weighted by Crippen LogP contribution is 2.21. The van der Waals surface area contributed by atoms with Gasteiger partial charge >= 0.3 is 0 Å². The van der Waals surface area contributed by atoms with Crippen LogP contribution in [0.4, 0.5) is 0 Å². The predicted molar refractivity (Wildman–Crippen MR) is 52.0 cm³/mol. The van der Waals surface area contributed by atoms with Crippen LogP contribution in [0.15, 0.2) is 12.1 Å². The van der Waals surface area contributed by atoms with E-state index < -0.39 is 0 Å². The van der Waals surface area contributed by atoms with E-state index in [2.05, 4.69) is 0 Å². The molecule has 0 aliphatic rings. The maximum Gasteiger partial charge on any atom is 0.134 e. The van der Waals surface area contributed by atoms with Crippen LogP contribution in [0, 0.1) is 13.8 Å². The van der Waals surface area contributed by atoms with Crippen LogP contribution in [0.3, 0.4) is 0 Å². The summed E-state index contributed by atoms with van der Waals surface area (Å²) in [7, 11) is 0. The van der Waals surface area contributed by atoms with Crippen molar-refractivity contribution in [2.45, 2.75) is 27.2 Å². The molecule has 1 aromatic carbocycles. The number of carbonyl (C=O) groups excluding carboxylic acids is 1. The number of ketones is 1. The number of phenols is 1. The Morgan fingerprint density at radius 2 is 1.92 bits per heavy atom. The zero-order chi connectivity index (χ0) is 10.0. The van der Waals surface area contributed by atoms with Gasteiger partial charge in [0.1, 0.15) is 11.5 Å². The summed E-state index contributed by atoms with van der Waals surface area (Å²) in [6.07, 6.45) is 0.451. The molecule has 0 aromatic heterocycles. The maximum absolute atomic E-state index is 10.9. The molecule has 1 rings (SSSR count). The molecule has 70 valence electrons. The van der Waals surface area contributed by atoms with E-state index in [4.69, 9.17) is 0 Å². The van der Waals surface area contributed by atoms with Crippen molar-refractivity contribution in [1.82, 2.24) is 0 Å². The average Bonchev–Trinajstić information content (AvgIpc) is 1.99. The van der Waals surface area contributed by atoms with Crippen molar-refractivity contribution in [3.8, 4) is 5.75 Å². The Hall–Kier alpha value is -1.31. The van der Waals surface area contributed by atoms with Gasteiger partial charge in [0, 0.05) is 6.42 Å². The van der Waals surface area contributed by atoms with Crippen molar-refractivity contribution in [3.05, 3.63) is 28.8 Å². The maximum atomic E-state index is 10.9. The first-order valence-corrected chi connectivity index (χ1v) is 4.29. The third kappa shape index (κ3) is 2.31. The molecule has 0 radical (unpaired) electrons. The first kappa shape index (κ1) is 9.78. The van der Waals surface area contributed by atoms with Gasteiger partial charge in [-0.1, -0.05) is 6.07 Å². The summed E-state index contributed by atoms with van der Waals surface area (Å²) in [4.78, 5) is 10.9. The largest absolute Gasteiger partial charge is 0.508 e. The number of carbonyl (C=O) groups is 1. The van der Waals surface area contributed by atoms with E-state index in [0.717, 1.165) is 16.7 Å². The van der Waals surface area contributed by atoms with Crippen molar-refractivity contribution < 1.29 is 9.90 Å². The van der Waals surface area contributed by atoms with Crippen LogP contribution in [-0.2, 0) is 11.2 Å². The lowest BCUT2D eigenvalue weighted by atomic mass is 10.0. The molecule has 0 amide bonds. The van der Waals surface area contributed by atoms with Gasteiger partial charge in [-0.15, -0.1) is 0 Å². The van der Waals surface area contributed by atoms with E-state index in [1.165, 1.54) is 0 Å². The first-order valence-electron chi connectivity index (χ1n) is 4.29. The van der Waals surface area contributed by atoms with E-state index in [-0.39, 0.29) is 5.78 Å². The molecule has 0 spiro atoms. The number of aromatic hydroxyl groups is 1. The van der Waals surface area contributed by atoms with Crippen LogP contribution < -0.4 is 0 Å². The number of benzene rings is 1. The molecule has 0 bridgehead atoms.